The van der Waals surface area contributed by atoms with Gasteiger partial charge in [-0.1, -0.05) is 11.6 Å². The number of allylic oxidation sites excluding steroid dienone is 1. The Bertz CT molecular complexity index is 233. The number of phosphoric acid groups is 2. The standard InChI is InChI=1S/C5H10O.2H3O4P/c1-5(2)3-4-6;2*1-5(2,3)4/h3,6H,4H2,1-2H3;2*(H3,1,2,3,4). The number of aliphatic hydroxyl groups is 1. The summed E-state index contributed by atoms with van der Waals surface area (Å²) in [7, 11) is -9.28. The summed E-state index contributed by atoms with van der Waals surface area (Å²) in [5.74, 6) is 0. The first-order chi connectivity index (χ1) is 6.77. The van der Waals surface area contributed by atoms with Gasteiger partial charge in [-0.25, -0.2) is 9.13 Å². The maximum Gasteiger partial charge on any atom is 0.466 e. The minimum Gasteiger partial charge on any atom is -0.392 e. The molecule has 0 fully saturated rings. The van der Waals surface area contributed by atoms with Gasteiger partial charge in [-0.05, 0) is 13.8 Å². The van der Waals surface area contributed by atoms with Crippen molar-refractivity contribution < 1.29 is 43.6 Å². The summed E-state index contributed by atoms with van der Waals surface area (Å²) in [6.07, 6.45) is 1.76. The molecule has 0 unspecified atom stereocenters. The quantitative estimate of drug-likeness (QED) is 0.237. The van der Waals surface area contributed by atoms with E-state index in [9.17, 15) is 0 Å². The highest BCUT2D eigenvalue weighted by Crippen LogP contribution is 2.26. The Hall–Kier alpha value is -0.0800. The number of aliphatic hydroxyl groups excluding tert-OH is 1. The maximum absolute atomic E-state index is 8.88. The molecular formula is C5H16O9P2. The number of hydrogen-bond acceptors (Lipinski definition) is 3. The Morgan fingerprint density at radius 2 is 1.12 bits per heavy atom. The van der Waals surface area contributed by atoms with Crippen molar-refractivity contribution in [1.29, 1.82) is 0 Å². The van der Waals surface area contributed by atoms with Crippen LogP contribution in [-0.4, -0.2) is 41.1 Å². The summed E-state index contributed by atoms with van der Waals surface area (Å²) in [6, 6.07) is 0. The molecule has 0 aliphatic heterocycles. The molecule has 0 aliphatic rings. The van der Waals surface area contributed by atoms with Gasteiger partial charge in [0.1, 0.15) is 0 Å². The zero-order valence-corrected chi connectivity index (χ0v) is 10.4. The third-order valence-corrected chi connectivity index (χ3v) is 0.500. The van der Waals surface area contributed by atoms with Gasteiger partial charge < -0.3 is 34.5 Å². The molecule has 0 spiro atoms. The molecule has 0 saturated carbocycles. The van der Waals surface area contributed by atoms with Crippen molar-refractivity contribution in [1.82, 2.24) is 0 Å². The second kappa shape index (κ2) is 10.1. The van der Waals surface area contributed by atoms with Gasteiger partial charge in [0.05, 0.1) is 6.61 Å². The van der Waals surface area contributed by atoms with Crippen molar-refractivity contribution in [2.45, 2.75) is 13.8 Å². The molecule has 11 heteroatoms. The van der Waals surface area contributed by atoms with Crippen molar-refractivity contribution in [2.24, 2.45) is 0 Å². The first-order valence-electron chi connectivity index (χ1n) is 3.58. The average molecular weight is 282 g/mol. The van der Waals surface area contributed by atoms with Crippen LogP contribution in [-0.2, 0) is 9.13 Å². The maximum atomic E-state index is 8.88. The van der Waals surface area contributed by atoms with Crippen molar-refractivity contribution in [3.05, 3.63) is 11.6 Å². The second-order valence-electron chi connectivity index (χ2n) is 2.49. The Morgan fingerprint density at radius 1 is 0.938 bits per heavy atom. The van der Waals surface area contributed by atoms with Crippen LogP contribution in [0.5, 0.6) is 0 Å². The van der Waals surface area contributed by atoms with Crippen molar-refractivity contribution in [2.75, 3.05) is 6.61 Å². The van der Waals surface area contributed by atoms with E-state index < -0.39 is 15.6 Å². The molecule has 0 heterocycles. The first kappa shape index (κ1) is 21.2. The number of rotatable bonds is 1. The van der Waals surface area contributed by atoms with Crippen LogP contribution in [0.3, 0.4) is 0 Å². The molecule has 0 rings (SSSR count). The van der Waals surface area contributed by atoms with E-state index in [1.54, 1.807) is 6.08 Å². The molecule has 100 valence electrons. The van der Waals surface area contributed by atoms with Gasteiger partial charge in [-0.15, -0.1) is 0 Å². The summed E-state index contributed by atoms with van der Waals surface area (Å²) in [5, 5.41) is 8.16. The summed E-state index contributed by atoms with van der Waals surface area (Å²) >= 11 is 0. The van der Waals surface area contributed by atoms with Gasteiger partial charge in [0.2, 0.25) is 0 Å². The molecule has 0 aromatic rings. The molecule has 0 aromatic heterocycles. The van der Waals surface area contributed by atoms with Crippen LogP contribution in [0.15, 0.2) is 11.6 Å². The summed E-state index contributed by atoms with van der Waals surface area (Å²) in [6.45, 7) is 4.08. The summed E-state index contributed by atoms with van der Waals surface area (Å²) in [5.41, 5.74) is 1.16. The van der Waals surface area contributed by atoms with Crippen LogP contribution >= 0.6 is 15.6 Å². The Labute approximate surface area is 92.2 Å². The third-order valence-electron chi connectivity index (χ3n) is 0.500. The lowest BCUT2D eigenvalue weighted by Crippen LogP contribution is -1.71. The van der Waals surface area contributed by atoms with E-state index in [2.05, 4.69) is 0 Å². The molecule has 0 bridgehead atoms. The van der Waals surface area contributed by atoms with Crippen LogP contribution in [0.2, 0.25) is 0 Å². The topological polar surface area (TPSA) is 176 Å². The molecule has 7 N–H and O–H groups in total. The summed E-state index contributed by atoms with van der Waals surface area (Å²) < 4.78 is 17.8. The third kappa shape index (κ3) is 273. The molecule has 9 nitrogen and oxygen atoms in total. The van der Waals surface area contributed by atoms with E-state index in [-0.39, 0.29) is 6.61 Å². The largest absolute Gasteiger partial charge is 0.466 e. The van der Waals surface area contributed by atoms with Crippen LogP contribution in [0.25, 0.3) is 0 Å². The Morgan fingerprint density at radius 3 is 1.12 bits per heavy atom. The van der Waals surface area contributed by atoms with Gasteiger partial charge in [-0.3, -0.25) is 0 Å². The van der Waals surface area contributed by atoms with Crippen LogP contribution < -0.4 is 0 Å². The number of hydrogen-bond donors (Lipinski definition) is 7. The van der Waals surface area contributed by atoms with Gasteiger partial charge >= 0.3 is 15.6 Å². The lowest BCUT2D eigenvalue weighted by Gasteiger charge is -1.82. The predicted octanol–water partition coefficient (Wildman–Crippen LogP) is -0.912. The first-order valence-corrected chi connectivity index (χ1v) is 6.71. The normalized spacial score (nSPS) is 10.3. The lowest BCUT2D eigenvalue weighted by atomic mass is 10.3. The molecule has 0 radical (unpaired) electrons. The fourth-order valence-corrected chi connectivity index (χ4v) is 0.183. The molecule has 0 aliphatic carbocycles. The highest BCUT2D eigenvalue weighted by Gasteiger charge is 2.00. The Balaban J connectivity index is -0.000000160. The van der Waals surface area contributed by atoms with Crippen molar-refractivity contribution >= 4 is 15.6 Å². The molecular weight excluding hydrogens is 266 g/mol. The monoisotopic (exact) mass is 282 g/mol. The minimum absolute atomic E-state index is 0.169. The van der Waals surface area contributed by atoms with Gasteiger partial charge in [0.25, 0.3) is 0 Å². The summed E-state index contributed by atoms with van der Waals surface area (Å²) in [4.78, 5) is 43.1. The highest BCUT2D eigenvalue weighted by molar-refractivity contribution is 7.45. The average Bonchev–Trinajstić information content (AvgIpc) is 1.76. The van der Waals surface area contributed by atoms with E-state index in [1.165, 1.54) is 0 Å². The van der Waals surface area contributed by atoms with Gasteiger partial charge in [0, 0.05) is 0 Å². The van der Waals surface area contributed by atoms with E-state index in [1.807, 2.05) is 13.8 Å². The van der Waals surface area contributed by atoms with E-state index in [0.717, 1.165) is 5.57 Å². The Kier molecular flexibility index (Phi) is 13.4. The van der Waals surface area contributed by atoms with Crippen LogP contribution in [0.1, 0.15) is 13.8 Å². The zero-order valence-electron chi connectivity index (χ0n) is 8.63. The molecule has 0 aromatic carbocycles. The minimum atomic E-state index is -4.64. The second-order valence-corrected chi connectivity index (χ2v) is 4.54. The molecule has 0 atom stereocenters. The van der Waals surface area contributed by atoms with Gasteiger partial charge in [-0.2, -0.15) is 0 Å². The van der Waals surface area contributed by atoms with Crippen LogP contribution in [0, 0.1) is 0 Å². The fraction of sp³-hybridized carbons (Fsp3) is 0.600. The van der Waals surface area contributed by atoms with E-state index in [4.69, 9.17) is 43.6 Å². The molecule has 0 amide bonds. The van der Waals surface area contributed by atoms with E-state index >= 15 is 0 Å². The SMILES string of the molecule is CC(C)=CCO.O=P(O)(O)O.O=P(O)(O)O. The molecule has 16 heavy (non-hydrogen) atoms. The fourth-order valence-electron chi connectivity index (χ4n) is 0.183. The van der Waals surface area contributed by atoms with E-state index in [0.29, 0.717) is 0 Å². The smallest absolute Gasteiger partial charge is 0.392 e. The van der Waals surface area contributed by atoms with Crippen molar-refractivity contribution in [3.63, 3.8) is 0 Å². The zero-order chi connectivity index (χ0) is 14.0. The van der Waals surface area contributed by atoms with Crippen LogP contribution in [0.4, 0.5) is 0 Å². The predicted molar refractivity (Wildman–Crippen MR) is 55.0 cm³/mol. The molecule has 0 saturated heterocycles. The lowest BCUT2D eigenvalue weighted by molar-refractivity contribution is 0.272. The van der Waals surface area contributed by atoms with Crippen molar-refractivity contribution in [3.8, 4) is 0 Å². The van der Waals surface area contributed by atoms with Gasteiger partial charge in [0.15, 0.2) is 0 Å². The highest BCUT2D eigenvalue weighted by atomic mass is 31.2.